The number of carbonyl (C=O) groups is 1. The highest BCUT2D eigenvalue weighted by Gasteiger charge is 2.38. The third-order valence-electron chi connectivity index (χ3n) is 4.60. The summed E-state index contributed by atoms with van der Waals surface area (Å²) < 4.78 is 12.3. The fraction of sp³-hybridized carbons (Fsp3) is 0.929. The molecule has 5 heteroatoms. The van der Waals surface area contributed by atoms with Crippen molar-refractivity contribution in [3.05, 3.63) is 0 Å². The Balaban J connectivity index is 1.84. The van der Waals surface area contributed by atoms with Crippen LogP contribution in [0.5, 0.6) is 0 Å². The minimum Gasteiger partial charge on any atom is -0.481 e. The maximum Gasteiger partial charge on any atom is 0.306 e. The van der Waals surface area contributed by atoms with E-state index in [0.717, 1.165) is 25.7 Å². The van der Waals surface area contributed by atoms with Gasteiger partial charge >= 0.3 is 5.97 Å². The molecule has 2 aliphatic carbocycles. The summed E-state index contributed by atoms with van der Waals surface area (Å²) in [6.45, 7) is 0. The van der Waals surface area contributed by atoms with Crippen molar-refractivity contribution >= 4 is 16.8 Å². The van der Waals surface area contributed by atoms with Crippen LogP contribution in [0.3, 0.4) is 0 Å². The van der Waals surface area contributed by atoms with Gasteiger partial charge in [-0.25, -0.2) is 0 Å². The standard InChI is InChI=1S/C14H24O4S/c15-13(16)11-6-8-14(17,9-7-11)10-19(18)12-4-2-1-3-5-12/h11-12,17H,1-10H2,(H,15,16). The van der Waals surface area contributed by atoms with Crippen molar-refractivity contribution in [2.75, 3.05) is 5.75 Å². The monoisotopic (exact) mass is 288 g/mol. The molecule has 0 amide bonds. The second-order valence-electron chi connectivity index (χ2n) is 6.12. The van der Waals surface area contributed by atoms with E-state index in [1.165, 1.54) is 6.42 Å². The molecule has 0 bridgehead atoms. The van der Waals surface area contributed by atoms with Crippen LogP contribution >= 0.6 is 0 Å². The van der Waals surface area contributed by atoms with Crippen molar-refractivity contribution in [3.63, 3.8) is 0 Å². The molecule has 4 nitrogen and oxygen atoms in total. The maximum atomic E-state index is 12.3. The van der Waals surface area contributed by atoms with E-state index in [1.54, 1.807) is 0 Å². The fourth-order valence-corrected chi connectivity index (χ4v) is 5.17. The number of hydrogen-bond donors (Lipinski definition) is 2. The molecule has 2 rings (SSSR count). The highest BCUT2D eigenvalue weighted by atomic mass is 32.2. The molecule has 2 N–H and O–H groups in total. The molecule has 0 radical (unpaired) electrons. The van der Waals surface area contributed by atoms with Crippen LogP contribution in [-0.2, 0) is 15.6 Å². The summed E-state index contributed by atoms with van der Waals surface area (Å²) in [5.74, 6) is -0.761. The summed E-state index contributed by atoms with van der Waals surface area (Å²) in [4.78, 5) is 10.9. The molecule has 0 saturated heterocycles. The summed E-state index contributed by atoms with van der Waals surface area (Å²) >= 11 is 0. The van der Waals surface area contributed by atoms with Crippen LogP contribution in [0, 0.1) is 5.92 Å². The quantitative estimate of drug-likeness (QED) is 0.830. The average Bonchev–Trinajstić information content (AvgIpc) is 2.40. The molecule has 2 aliphatic rings. The first-order valence-corrected chi connectivity index (χ1v) is 8.71. The maximum absolute atomic E-state index is 12.3. The SMILES string of the molecule is O=C(O)C1CCC(O)(CS(=O)C2CCCCC2)CC1. The Morgan fingerprint density at radius 2 is 1.68 bits per heavy atom. The summed E-state index contributed by atoms with van der Waals surface area (Å²) in [5.41, 5.74) is -0.895. The normalized spacial score (nSPS) is 34.9. The van der Waals surface area contributed by atoms with Crippen LogP contribution < -0.4 is 0 Å². The van der Waals surface area contributed by atoms with Gasteiger partial charge in [0, 0.05) is 16.0 Å². The summed E-state index contributed by atoms with van der Waals surface area (Å²) in [7, 11) is -0.963. The van der Waals surface area contributed by atoms with E-state index < -0.39 is 22.4 Å². The van der Waals surface area contributed by atoms with E-state index in [9.17, 15) is 14.1 Å². The van der Waals surface area contributed by atoms with Gasteiger partial charge < -0.3 is 10.2 Å². The first kappa shape index (κ1) is 15.0. The smallest absolute Gasteiger partial charge is 0.306 e. The van der Waals surface area contributed by atoms with Gasteiger partial charge in [-0.2, -0.15) is 0 Å². The van der Waals surface area contributed by atoms with Gasteiger partial charge in [0.1, 0.15) is 0 Å². The predicted octanol–water partition coefficient (Wildman–Crippen LogP) is 2.07. The minimum absolute atomic E-state index is 0.245. The third kappa shape index (κ3) is 4.02. The first-order chi connectivity index (χ1) is 9.00. The van der Waals surface area contributed by atoms with Crippen molar-refractivity contribution in [3.8, 4) is 0 Å². The van der Waals surface area contributed by atoms with Crippen molar-refractivity contribution in [1.82, 2.24) is 0 Å². The lowest BCUT2D eigenvalue weighted by Gasteiger charge is -2.35. The molecule has 19 heavy (non-hydrogen) atoms. The zero-order chi connectivity index (χ0) is 13.9. The van der Waals surface area contributed by atoms with Crippen LogP contribution in [0.2, 0.25) is 0 Å². The van der Waals surface area contributed by atoms with Gasteiger partial charge in [0.2, 0.25) is 0 Å². The molecular weight excluding hydrogens is 264 g/mol. The van der Waals surface area contributed by atoms with Crippen molar-refractivity contribution in [2.24, 2.45) is 5.92 Å². The highest BCUT2D eigenvalue weighted by molar-refractivity contribution is 7.85. The molecule has 0 aromatic carbocycles. The molecule has 0 heterocycles. The number of carboxylic acid groups (broad SMARTS) is 1. The summed E-state index contributed by atoms with van der Waals surface area (Å²) in [6.07, 6.45) is 7.53. The molecule has 110 valence electrons. The number of aliphatic hydroxyl groups is 1. The molecule has 0 aromatic heterocycles. The third-order valence-corrected chi connectivity index (χ3v) is 6.64. The topological polar surface area (TPSA) is 74.6 Å². The number of aliphatic carboxylic acids is 1. The van der Waals surface area contributed by atoms with Gasteiger partial charge in [-0.3, -0.25) is 9.00 Å². The Morgan fingerprint density at radius 1 is 1.11 bits per heavy atom. The zero-order valence-corrected chi connectivity index (χ0v) is 12.2. The van der Waals surface area contributed by atoms with E-state index in [4.69, 9.17) is 5.11 Å². The molecule has 2 fully saturated rings. The molecule has 0 aliphatic heterocycles. The molecule has 2 saturated carbocycles. The molecule has 0 spiro atoms. The predicted molar refractivity (Wildman–Crippen MR) is 74.4 cm³/mol. The molecule has 0 aromatic rings. The lowest BCUT2D eigenvalue weighted by molar-refractivity contribution is -0.144. The summed E-state index contributed by atoms with van der Waals surface area (Å²) in [6, 6.07) is 0. The fourth-order valence-electron chi connectivity index (χ4n) is 3.26. The van der Waals surface area contributed by atoms with E-state index in [1.807, 2.05) is 0 Å². The van der Waals surface area contributed by atoms with Crippen molar-refractivity contribution in [1.29, 1.82) is 0 Å². The Kier molecular flexibility index (Phi) is 5.01. The molecule has 1 atom stereocenters. The van der Waals surface area contributed by atoms with Crippen LogP contribution in [-0.4, -0.2) is 37.0 Å². The van der Waals surface area contributed by atoms with E-state index in [2.05, 4.69) is 0 Å². The van der Waals surface area contributed by atoms with Crippen LogP contribution in [0.15, 0.2) is 0 Å². The zero-order valence-electron chi connectivity index (χ0n) is 11.3. The Hall–Kier alpha value is -0.420. The van der Waals surface area contributed by atoms with Crippen LogP contribution in [0.4, 0.5) is 0 Å². The average molecular weight is 288 g/mol. The first-order valence-electron chi connectivity index (χ1n) is 7.32. The largest absolute Gasteiger partial charge is 0.481 e. The van der Waals surface area contributed by atoms with Gasteiger partial charge in [-0.05, 0) is 38.5 Å². The Labute approximate surface area is 117 Å². The lowest BCUT2D eigenvalue weighted by Crippen LogP contribution is -2.42. The number of hydrogen-bond acceptors (Lipinski definition) is 3. The van der Waals surface area contributed by atoms with Crippen LogP contribution in [0.1, 0.15) is 57.8 Å². The van der Waals surface area contributed by atoms with Gasteiger partial charge in [0.15, 0.2) is 0 Å². The Bertz CT molecular complexity index is 341. The lowest BCUT2D eigenvalue weighted by atomic mass is 9.80. The van der Waals surface area contributed by atoms with Gasteiger partial charge in [0.25, 0.3) is 0 Å². The van der Waals surface area contributed by atoms with Crippen molar-refractivity contribution < 1.29 is 19.2 Å². The van der Waals surface area contributed by atoms with E-state index in [-0.39, 0.29) is 11.2 Å². The Morgan fingerprint density at radius 3 is 2.21 bits per heavy atom. The number of carboxylic acids is 1. The van der Waals surface area contributed by atoms with Gasteiger partial charge in [0.05, 0.1) is 17.3 Å². The van der Waals surface area contributed by atoms with Crippen molar-refractivity contribution in [2.45, 2.75) is 68.6 Å². The molecular formula is C14H24O4S. The second kappa shape index (κ2) is 6.35. The summed E-state index contributed by atoms with van der Waals surface area (Å²) in [5, 5.41) is 19.7. The number of rotatable bonds is 4. The van der Waals surface area contributed by atoms with Gasteiger partial charge in [-0.1, -0.05) is 19.3 Å². The van der Waals surface area contributed by atoms with Gasteiger partial charge in [-0.15, -0.1) is 0 Å². The molecule has 1 unspecified atom stereocenters. The highest BCUT2D eigenvalue weighted by Crippen LogP contribution is 2.34. The van der Waals surface area contributed by atoms with E-state index >= 15 is 0 Å². The minimum atomic E-state index is -0.963. The van der Waals surface area contributed by atoms with Crippen LogP contribution in [0.25, 0.3) is 0 Å². The van der Waals surface area contributed by atoms with E-state index in [0.29, 0.717) is 31.4 Å². The second-order valence-corrected chi connectivity index (χ2v) is 7.84.